The standard InChI is InChI=1S/C10H15ClN2S/c1-3-7(2)6-14-10-9(11)4-8(12)5-13-10/h4-5,7H,3,6,12H2,1-2H3. The van der Waals surface area contributed by atoms with Crippen LogP contribution in [0.1, 0.15) is 20.3 Å². The van der Waals surface area contributed by atoms with Gasteiger partial charge in [0.1, 0.15) is 5.03 Å². The first-order chi connectivity index (χ1) is 6.63. The number of halogens is 1. The average Bonchev–Trinajstić information content (AvgIpc) is 2.16. The summed E-state index contributed by atoms with van der Waals surface area (Å²) in [5, 5.41) is 1.53. The lowest BCUT2D eigenvalue weighted by Crippen LogP contribution is -1.96. The van der Waals surface area contributed by atoms with Gasteiger partial charge in [-0.3, -0.25) is 0 Å². The fraction of sp³-hybridized carbons (Fsp3) is 0.500. The summed E-state index contributed by atoms with van der Waals surface area (Å²) in [6, 6.07) is 1.74. The minimum absolute atomic E-state index is 0.614. The maximum Gasteiger partial charge on any atom is 0.115 e. The summed E-state index contributed by atoms with van der Waals surface area (Å²) >= 11 is 7.68. The van der Waals surface area contributed by atoms with Crippen LogP contribution in [0.25, 0.3) is 0 Å². The van der Waals surface area contributed by atoms with Crippen molar-refractivity contribution in [3.8, 4) is 0 Å². The highest BCUT2D eigenvalue weighted by atomic mass is 35.5. The predicted octanol–water partition coefficient (Wildman–Crippen LogP) is 3.46. The van der Waals surface area contributed by atoms with Crippen LogP contribution in [0.15, 0.2) is 17.3 Å². The Balaban J connectivity index is 2.59. The molecule has 0 aromatic carbocycles. The van der Waals surface area contributed by atoms with E-state index in [1.54, 1.807) is 24.0 Å². The van der Waals surface area contributed by atoms with Crippen LogP contribution in [0.2, 0.25) is 5.02 Å². The Morgan fingerprint density at radius 2 is 2.36 bits per heavy atom. The van der Waals surface area contributed by atoms with E-state index in [4.69, 9.17) is 17.3 Å². The minimum Gasteiger partial charge on any atom is -0.397 e. The number of hydrogen-bond donors (Lipinski definition) is 1. The van der Waals surface area contributed by atoms with Gasteiger partial charge < -0.3 is 5.73 Å². The van der Waals surface area contributed by atoms with Crippen LogP contribution >= 0.6 is 23.4 Å². The molecule has 78 valence electrons. The van der Waals surface area contributed by atoms with E-state index < -0.39 is 0 Å². The summed E-state index contributed by atoms with van der Waals surface area (Å²) in [6.45, 7) is 4.40. The third kappa shape index (κ3) is 3.39. The first-order valence-corrected chi connectivity index (χ1v) is 6.03. The second kappa shape index (κ2) is 5.47. The van der Waals surface area contributed by atoms with Crippen molar-refractivity contribution in [2.45, 2.75) is 25.3 Å². The third-order valence-electron chi connectivity index (χ3n) is 2.03. The zero-order chi connectivity index (χ0) is 10.6. The highest BCUT2D eigenvalue weighted by molar-refractivity contribution is 7.99. The van der Waals surface area contributed by atoms with E-state index in [1.165, 1.54) is 6.42 Å². The lowest BCUT2D eigenvalue weighted by atomic mass is 10.2. The van der Waals surface area contributed by atoms with Crippen molar-refractivity contribution in [3.05, 3.63) is 17.3 Å². The molecule has 0 saturated carbocycles. The van der Waals surface area contributed by atoms with E-state index in [1.807, 2.05) is 0 Å². The largest absolute Gasteiger partial charge is 0.397 e. The molecular formula is C10H15ClN2S. The number of aromatic nitrogens is 1. The Morgan fingerprint density at radius 3 is 2.93 bits per heavy atom. The Hall–Kier alpha value is -0.410. The van der Waals surface area contributed by atoms with Gasteiger partial charge in [-0.05, 0) is 12.0 Å². The number of pyridine rings is 1. The van der Waals surface area contributed by atoms with Crippen LogP contribution in [0.4, 0.5) is 5.69 Å². The van der Waals surface area contributed by atoms with Gasteiger partial charge in [-0.2, -0.15) is 0 Å². The highest BCUT2D eigenvalue weighted by Crippen LogP contribution is 2.28. The average molecular weight is 231 g/mol. The normalized spacial score (nSPS) is 12.8. The molecule has 1 atom stereocenters. The fourth-order valence-electron chi connectivity index (χ4n) is 0.885. The molecule has 0 bridgehead atoms. The van der Waals surface area contributed by atoms with Crippen LogP contribution in [0, 0.1) is 5.92 Å². The van der Waals surface area contributed by atoms with Crippen molar-refractivity contribution in [1.82, 2.24) is 4.98 Å². The van der Waals surface area contributed by atoms with Gasteiger partial charge in [0, 0.05) is 5.75 Å². The molecule has 0 aliphatic heterocycles. The quantitative estimate of drug-likeness (QED) is 0.806. The third-order valence-corrected chi connectivity index (χ3v) is 3.76. The lowest BCUT2D eigenvalue weighted by Gasteiger charge is -2.08. The van der Waals surface area contributed by atoms with Crippen LogP contribution in [0.3, 0.4) is 0 Å². The van der Waals surface area contributed by atoms with Crippen LogP contribution in [-0.2, 0) is 0 Å². The molecule has 1 rings (SSSR count). The van der Waals surface area contributed by atoms with E-state index in [9.17, 15) is 0 Å². The molecular weight excluding hydrogens is 216 g/mol. The summed E-state index contributed by atoms with van der Waals surface area (Å²) in [5.41, 5.74) is 6.17. The predicted molar refractivity (Wildman–Crippen MR) is 63.8 cm³/mol. The van der Waals surface area contributed by atoms with Crippen molar-refractivity contribution >= 4 is 29.1 Å². The monoisotopic (exact) mass is 230 g/mol. The molecule has 14 heavy (non-hydrogen) atoms. The van der Waals surface area contributed by atoms with Crippen molar-refractivity contribution in [3.63, 3.8) is 0 Å². The summed E-state index contributed by atoms with van der Waals surface area (Å²) < 4.78 is 0. The van der Waals surface area contributed by atoms with Gasteiger partial charge in [-0.15, -0.1) is 11.8 Å². The molecule has 1 aromatic rings. The van der Waals surface area contributed by atoms with Gasteiger partial charge in [0.15, 0.2) is 0 Å². The van der Waals surface area contributed by atoms with Gasteiger partial charge in [0.25, 0.3) is 0 Å². The number of nitrogens with two attached hydrogens (primary N) is 1. The van der Waals surface area contributed by atoms with Crippen LogP contribution < -0.4 is 5.73 Å². The van der Waals surface area contributed by atoms with E-state index in [0.29, 0.717) is 16.6 Å². The number of rotatable bonds is 4. The van der Waals surface area contributed by atoms with Gasteiger partial charge >= 0.3 is 0 Å². The zero-order valence-electron chi connectivity index (χ0n) is 8.46. The number of thioether (sulfide) groups is 1. The summed E-state index contributed by atoms with van der Waals surface area (Å²) in [5.74, 6) is 1.74. The van der Waals surface area contributed by atoms with Gasteiger partial charge in [-0.1, -0.05) is 31.9 Å². The lowest BCUT2D eigenvalue weighted by molar-refractivity contribution is 0.636. The summed E-state index contributed by atoms with van der Waals surface area (Å²) in [6.07, 6.45) is 2.82. The molecule has 2 N–H and O–H groups in total. The van der Waals surface area contributed by atoms with Crippen molar-refractivity contribution in [2.24, 2.45) is 5.92 Å². The molecule has 0 spiro atoms. The van der Waals surface area contributed by atoms with E-state index in [2.05, 4.69) is 18.8 Å². The second-order valence-electron chi connectivity index (χ2n) is 3.38. The molecule has 0 aliphatic rings. The SMILES string of the molecule is CCC(C)CSc1ncc(N)cc1Cl. The van der Waals surface area contributed by atoms with Crippen LogP contribution in [0.5, 0.6) is 0 Å². The zero-order valence-corrected chi connectivity index (χ0v) is 10.0. The van der Waals surface area contributed by atoms with Crippen molar-refractivity contribution < 1.29 is 0 Å². The van der Waals surface area contributed by atoms with Crippen molar-refractivity contribution in [2.75, 3.05) is 11.5 Å². The maximum atomic E-state index is 5.99. The van der Waals surface area contributed by atoms with Gasteiger partial charge in [0.05, 0.1) is 16.9 Å². The van der Waals surface area contributed by atoms with E-state index in [-0.39, 0.29) is 0 Å². The molecule has 1 unspecified atom stereocenters. The molecule has 0 saturated heterocycles. The molecule has 0 amide bonds. The van der Waals surface area contributed by atoms with E-state index in [0.717, 1.165) is 10.8 Å². The van der Waals surface area contributed by atoms with E-state index >= 15 is 0 Å². The number of hydrogen-bond acceptors (Lipinski definition) is 3. The van der Waals surface area contributed by atoms with Crippen LogP contribution in [-0.4, -0.2) is 10.7 Å². The molecule has 1 aromatic heterocycles. The molecule has 1 heterocycles. The first-order valence-electron chi connectivity index (χ1n) is 4.67. The van der Waals surface area contributed by atoms with Gasteiger partial charge in [-0.25, -0.2) is 4.98 Å². The Morgan fingerprint density at radius 1 is 1.64 bits per heavy atom. The molecule has 0 aliphatic carbocycles. The Bertz CT molecular complexity index is 304. The summed E-state index contributed by atoms with van der Waals surface area (Å²) in [7, 11) is 0. The molecule has 4 heteroatoms. The molecule has 0 fully saturated rings. The summed E-state index contributed by atoms with van der Waals surface area (Å²) in [4.78, 5) is 4.19. The Labute approximate surface area is 94.2 Å². The second-order valence-corrected chi connectivity index (χ2v) is 4.80. The van der Waals surface area contributed by atoms with Crippen molar-refractivity contribution in [1.29, 1.82) is 0 Å². The highest BCUT2D eigenvalue weighted by Gasteiger charge is 2.05. The number of nitrogens with zero attached hydrogens (tertiary/aromatic N) is 1. The Kier molecular flexibility index (Phi) is 4.55. The molecule has 2 nitrogen and oxygen atoms in total. The smallest absolute Gasteiger partial charge is 0.115 e. The topological polar surface area (TPSA) is 38.9 Å². The maximum absolute atomic E-state index is 5.99. The minimum atomic E-state index is 0.614. The number of anilines is 1. The molecule has 0 radical (unpaired) electrons. The fourth-order valence-corrected chi connectivity index (χ4v) is 2.23. The first kappa shape index (κ1) is 11.7. The van der Waals surface area contributed by atoms with Gasteiger partial charge in [0.2, 0.25) is 0 Å². The number of nitrogen functional groups attached to an aromatic ring is 1.